The third-order valence-electron chi connectivity index (χ3n) is 1.16. The van der Waals surface area contributed by atoms with Crippen LogP contribution in [0.5, 0.6) is 0 Å². The molecule has 0 amide bonds. The van der Waals surface area contributed by atoms with Crippen LogP contribution in [0.2, 0.25) is 0 Å². The molecule has 0 fully saturated rings. The SMILES string of the molecule is [CH2]C(C)C(=O)CC(C)C. The van der Waals surface area contributed by atoms with Crippen LogP contribution in [0, 0.1) is 18.8 Å². The summed E-state index contributed by atoms with van der Waals surface area (Å²) in [4.78, 5) is 10.9. The van der Waals surface area contributed by atoms with Crippen LogP contribution in [-0.2, 0) is 4.79 Å². The van der Waals surface area contributed by atoms with Crippen molar-refractivity contribution >= 4 is 5.78 Å². The number of ketones is 1. The molecule has 1 radical (unpaired) electrons. The summed E-state index contributed by atoms with van der Waals surface area (Å²) in [6.45, 7) is 9.56. The molecule has 0 heterocycles. The zero-order valence-corrected chi connectivity index (χ0v) is 6.48. The molecule has 0 spiro atoms. The lowest BCUT2D eigenvalue weighted by molar-refractivity contribution is -0.121. The molecule has 1 atom stereocenters. The number of carbonyl (C=O) groups is 1. The van der Waals surface area contributed by atoms with Crippen molar-refractivity contribution in [3.63, 3.8) is 0 Å². The van der Waals surface area contributed by atoms with Crippen LogP contribution in [0.4, 0.5) is 0 Å². The van der Waals surface area contributed by atoms with Gasteiger partial charge in [-0.05, 0) is 12.8 Å². The maximum Gasteiger partial charge on any atom is 0.135 e. The molecule has 0 aliphatic rings. The molecule has 0 bridgehead atoms. The van der Waals surface area contributed by atoms with Crippen LogP contribution in [0.25, 0.3) is 0 Å². The maximum atomic E-state index is 10.9. The number of carbonyl (C=O) groups excluding carboxylic acids is 1. The van der Waals surface area contributed by atoms with Gasteiger partial charge in [-0.3, -0.25) is 4.79 Å². The predicted octanol–water partition coefficient (Wildman–Crippen LogP) is 2.07. The monoisotopic (exact) mass is 127 g/mol. The van der Waals surface area contributed by atoms with E-state index in [0.29, 0.717) is 12.3 Å². The summed E-state index contributed by atoms with van der Waals surface area (Å²) in [5, 5.41) is 0. The lowest BCUT2D eigenvalue weighted by Crippen LogP contribution is -2.09. The van der Waals surface area contributed by atoms with Crippen molar-refractivity contribution in [1.82, 2.24) is 0 Å². The van der Waals surface area contributed by atoms with Crippen LogP contribution in [-0.4, -0.2) is 5.78 Å². The minimum absolute atomic E-state index is 0.0348. The first-order chi connectivity index (χ1) is 4.04. The predicted molar refractivity (Wildman–Crippen MR) is 39.0 cm³/mol. The van der Waals surface area contributed by atoms with Crippen molar-refractivity contribution in [2.24, 2.45) is 11.8 Å². The summed E-state index contributed by atoms with van der Waals surface area (Å²) in [5.74, 6) is 0.708. The molecule has 1 heteroatoms. The molecule has 0 aliphatic heterocycles. The Morgan fingerprint density at radius 1 is 1.44 bits per heavy atom. The molecule has 0 saturated heterocycles. The molecule has 0 N–H and O–H groups in total. The van der Waals surface area contributed by atoms with E-state index in [-0.39, 0.29) is 11.7 Å². The summed E-state index contributed by atoms with van der Waals surface area (Å²) in [6, 6.07) is 0. The van der Waals surface area contributed by atoms with Gasteiger partial charge in [0.05, 0.1) is 0 Å². The molecule has 0 aromatic heterocycles. The summed E-state index contributed by atoms with van der Waals surface area (Å²) >= 11 is 0. The number of Topliss-reactive ketones (excluding diaryl/α,β-unsaturated/α-hetero) is 1. The zero-order valence-electron chi connectivity index (χ0n) is 6.48. The quantitative estimate of drug-likeness (QED) is 0.567. The normalized spacial score (nSPS) is 10.9. The Hall–Kier alpha value is -0.330. The van der Waals surface area contributed by atoms with Crippen LogP contribution in [0.15, 0.2) is 0 Å². The minimum Gasteiger partial charge on any atom is -0.299 e. The van der Waals surface area contributed by atoms with Crippen molar-refractivity contribution < 1.29 is 4.79 Å². The Morgan fingerprint density at radius 3 is 2.00 bits per heavy atom. The fourth-order valence-electron chi connectivity index (χ4n) is 0.604. The lowest BCUT2D eigenvalue weighted by atomic mass is 9.99. The Kier molecular flexibility index (Phi) is 3.52. The highest BCUT2D eigenvalue weighted by molar-refractivity contribution is 5.81. The van der Waals surface area contributed by atoms with E-state index >= 15 is 0 Å². The average molecular weight is 127 g/mol. The summed E-state index contributed by atoms with van der Waals surface area (Å²) < 4.78 is 0. The molecule has 9 heavy (non-hydrogen) atoms. The van der Waals surface area contributed by atoms with E-state index in [1.54, 1.807) is 0 Å². The van der Waals surface area contributed by atoms with Gasteiger partial charge in [0.1, 0.15) is 5.78 Å². The first-order valence-corrected chi connectivity index (χ1v) is 3.39. The van der Waals surface area contributed by atoms with Crippen LogP contribution < -0.4 is 0 Å². The third kappa shape index (κ3) is 4.19. The summed E-state index contributed by atoms with van der Waals surface area (Å²) in [6.07, 6.45) is 0.671. The molecule has 0 saturated carbocycles. The number of hydrogen-bond acceptors (Lipinski definition) is 1. The highest BCUT2D eigenvalue weighted by Gasteiger charge is 2.08. The van der Waals surface area contributed by atoms with Gasteiger partial charge in [-0.15, -0.1) is 0 Å². The van der Waals surface area contributed by atoms with Crippen molar-refractivity contribution in [3.05, 3.63) is 6.92 Å². The van der Waals surface area contributed by atoms with E-state index in [2.05, 4.69) is 6.92 Å². The Labute approximate surface area is 57.5 Å². The zero-order chi connectivity index (χ0) is 7.44. The Morgan fingerprint density at radius 2 is 1.89 bits per heavy atom. The van der Waals surface area contributed by atoms with Gasteiger partial charge in [0.15, 0.2) is 0 Å². The topological polar surface area (TPSA) is 17.1 Å². The second kappa shape index (κ2) is 3.65. The molecular formula is C8H15O. The standard InChI is InChI=1S/C8H15O/c1-6(2)5-8(9)7(3)4/h6-7H,3,5H2,1-2,4H3. The van der Waals surface area contributed by atoms with E-state index in [4.69, 9.17) is 0 Å². The van der Waals surface area contributed by atoms with E-state index in [1.165, 1.54) is 0 Å². The van der Waals surface area contributed by atoms with Gasteiger partial charge in [0.2, 0.25) is 0 Å². The van der Waals surface area contributed by atoms with Crippen LogP contribution >= 0.6 is 0 Å². The summed E-state index contributed by atoms with van der Waals surface area (Å²) in [7, 11) is 0. The molecule has 0 aromatic rings. The minimum atomic E-state index is -0.0348. The largest absolute Gasteiger partial charge is 0.299 e. The first-order valence-electron chi connectivity index (χ1n) is 3.39. The second-order valence-corrected chi connectivity index (χ2v) is 2.97. The highest BCUT2D eigenvalue weighted by atomic mass is 16.1. The van der Waals surface area contributed by atoms with Gasteiger partial charge >= 0.3 is 0 Å². The fraction of sp³-hybridized carbons (Fsp3) is 0.750. The van der Waals surface area contributed by atoms with Crippen molar-refractivity contribution in [2.75, 3.05) is 0 Å². The van der Waals surface area contributed by atoms with Gasteiger partial charge in [-0.2, -0.15) is 0 Å². The highest BCUT2D eigenvalue weighted by Crippen LogP contribution is 2.05. The molecule has 0 rings (SSSR count). The smallest absolute Gasteiger partial charge is 0.135 e. The van der Waals surface area contributed by atoms with Crippen molar-refractivity contribution in [1.29, 1.82) is 0 Å². The Bertz CT molecular complexity index is 92.7. The second-order valence-electron chi connectivity index (χ2n) is 2.97. The molecule has 1 nitrogen and oxygen atoms in total. The molecule has 1 unspecified atom stereocenters. The number of rotatable bonds is 3. The van der Waals surface area contributed by atoms with E-state index in [9.17, 15) is 4.79 Å². The van der Waals surface area contributed by atoms with Crippen molar-refractivity contribution in [3.8, 4) is 0 Å². The fourth-order valence-corrected chi connectivity index (χ4v) is 0.604. The van der Waals surface area contributed by atoms with Gasteiger partial charge in [0.25, 0.3) is 0 Å². The van der Waals surface area contributed by atoms with Gasteiger partial charge in [-0.25, -0.2) is 0 Å². The lowest BCUT2D eigenvalue weighted by Gasteiger charge is -2.04. The van der Waals surface area contributed by atoms with Gasteiger partial charge < -0.3 is 0 Å². The molecule has 0 aromatic carbocycles. The van der Waals surface area contributed by atoms with Crippen LogP contribution in [0.1, 0.15) is 27.2 Å². The van der Waals surface area contributed by atoms with E-state index in [1.807, 2.05) is 20.8 Å². The molecule has 0 aliphatic carbocycles. The molecular weight excluding hydrogens is 112 g/mol. The Balaban J connectivity index is 3.51. The van der Waals surface area contributed by atoms with E-state index < -0.39 is 0 Å². The van der Waals surface area contributed by atoms with Gasteiger partial charge in [-0.1, -0.05) is 20.8 Å². The number of hydrogen-bond donors (Lipinski definition) is 0. The van der Waals surface area contributed by atoms with Crippen LogP contribution in [0.3, 0.4) is 0 Å². The van der Waals surface area contributed by atoms with Gasteiger partial charge in [0, 0.05) is 12.3 Å². The van der Waals surface area contributed by atoms with Crippen molar-refractivity contribution in [2.45, 2.75) is 27.2 Å². The third-order valence-corrected chi connectivity index (χ3v) is 1.16. The molecule has 53 valence electrons. The maximum absolute atomic E-state index is 10.9. The van der Waals surface area contributed by atoms with E-state index in [0.717, 1.165) is 0 Å². The first kappa shape index (κ1) is 8.67. The average Bonchev–Trinajstić information content (AvgIpc) is 1.63. The summed E-state index contributed by atoms with van der Waals surface area (Å²) in [5.41, 5.74) is 0.